The van der Waals surface area contributed by atoms with Crippen molar-refractivity contribution in [2.75, 3.05) is 14.2 Å². The lowest BCUT2D eigenvalue weighted by atomic mass is 9.71. The average Bonchev–Trinajstić information content (AvgIpc) is 3.56. The Balaban J connectivity index is 1.39. The molecular formula is C48H38F3N3O3. The largest absolute Gasteiger partial charge is 0.493 e. The summed E-state index contributed by atoms with van der Waals surface area (Å²) in [5.74, 6) is 2.61. The van der Waals surface area contributed by atoms with Crippen molar-refractivity contribution >= 4 is 16.8 Å². The van der Waals surface area contributed by atoms with E-state index in [9.17, 15) is 13.2 Å². The van der Waals surface area contributed by atoms with Crippen molar-refractivity contribution in [1.29, 1.82) is 0 Å². The van der Waals surface area contributed by atoms with Gasteiger partial charge in [0.05, 0.1) is 19.8 Å². The second kappa shape index (κ2) is 13.6. The summed E-state index contributed by atoms with van der Waals surface area (Å²) in [6, 6.07) is 36.6. The second-order valence-corrected chi connectivity index (χ2v) is 14.4. The standard InChI is InChI=1S/C48H38F3N3O3/c1-5-46(6-2)37-20-14-13-19-33(37)40-35-27-38(55-3)39(56-4)28-36(35)42-34(41(40)46)25-26-47(57-42,31-21-23-32(24-22-31)48(49,50)51)45-53-43(29-15-9-7-10-16-29)52-44(54-45)30-17-11-8-12-18-30/h7-28H,5-6H2,1-4H3. The van der Waals surface area contributed by atoms with E-state index >= 15 is 0 Å². The molecule has 0 saturated heterocycles. The van der Waals surface area contributed by atoms with Gasteiger partial charge in [-0.3, -0.25) is 0 Å². The van der Waals surface area contributed by atoms with Crippen LogP contribution in [0.25, 0.3) is 50.8 Å². The molecule has 0 bridgehead atoms. The normalized spacial score (nSPS) is 16.4. The molecule has 9 rings (SSSR count). The van der Waals surface area contributed by atoms with Gasteiger partial charge >= 0.3 is 6.18 Å². The monoisotopic (exact) mass is 761 g/mol. The molecule has 1 atom stereocenters. The Bertz CT molecular complexity index is 2640. The molecule has 1 unspecified atom stereocenters. The SMILES string of the molecule is CCC1(CC)c2ccccc2-c2c1c1c(c3cc(OC)c(OC)cc23)OC(c2ccc(C(F)(F)F)cc2)(c2nc(-c3ccccc3)nc(-c3ccccc3)n2)C=C1. The van der Waals surface area contributed by atoms with Crippen LogP contribution in [0.15, 0.2) is 127 Å². The zero-order valence-electron chi connectivity index (χ0n) is 31.8. The van der Waals surface area contributed by atoms with Gasteiger partial charge < -0.3 is 14.2 Å². The highest BCUT2D eigenvalue weighted by Crippen LogP contribution is 2.61. The van der Waals surface area contributed by atoms with Gasteiger partial charge in [-0.25, -0.2) is 15.0 Å². The van der Waals surface area contributed by atoms with E-state index in [1.807, 2.05) is 84.9 Å². The third kappa shape index (κ3) is 5.58. The molecule has 6 nitrogen and oxygen atoms in total. The van der Waals surface area contributed by atoms with Gasteiger partial charge in [-0.15, -0.1) is 0 Å². The fourth-order valence-corrected chi connectivity index (χ4v) is 8.77. The van der Waals surface area contributed by atoms with Gasteiger partial charge in [0, 0.05) is 33.1 Å². The molecule has 0 amide bonds. The van der Waals surface area contributed by atoms with Crippen LogP contribution < -0.4 is 14.2 Å². The number of methoxy groups -OCH3 is 2. The Kier molecular flexibility index (Phi) is 8.64. The maximum absolute atomic E-state index is 14.0. The number of hydrogen-bond acceptors (Lipinski definition) is 6. The van der Waals surface area contributed by atoms with E-state index in [1.54, 1.807) is 14.2 Å². The van der Waals surface area contributed by atoms with E-state index in [-0.39, 0.29) is 11.2 Å². The molecule has 1 aliphatic heterocycles. The summed E-state index contributed by atoms with van der Waals surface area (Å²) in [4.78, 5) is 15.1. The van der Waals surface area contributed by atoms with Crippen LogP contribution in [0.5, 0.6) is 17.2 Å². The first-order chi connectivity index (χ1) is 27.7. The van der Waals surface area contributed by atoms with Gasteiger partial charge in [0.25, 0.3) is 0 Å². The number of benzene rings is 6. The van der Waals surface area contributed by atoms with E-state index in [2.05, 4.69) is 38.1 Å². The zero-order chi connectivity index (χ0) is 39.5. The first-order valence-electron chi connectivity index (χ1n) is 18.9. The lowest BCUT2D eigenvalue weighted by Gasteiger charge is -2.38. The van der Waals surface area contributed by atoms with Crippen molar-refractivity contribution in [3.05, 3.63) is 161 Å². The molecule has 1 aliphatic carbocycles. The predicted octanol–water partition coefficient (Wildman–Crippen LogP) is 11.8. The molecule has 0 spiro atoms. The van der Waals surface area contributed by atoms with E-state index in [0.29, 0.717) is 34.5 Å². The molecule has 6 aromatic carbocycles. The van der Waals surface area contributed by atoms with Crippen molar-refractivity contribution in [2.45, 2.75) is 43.9 Å². The zero-order valence-corrected chi connectivity index (χ0v) is 31.8. The number of aromatic nitrogens is 3. The van der Waals surface area contributed by atoms with Crippen LogP contribution >= 0.6 is 0 Å². The third-order valence-corrected chi connectivity index (χ3v) is 11.6. The van der Waals surface area contributed by atoms with Crippen LogP contribution in [0.2, 0.25) is 0 Å². The molecular weight excluding hydrogens is 724 g/mol. The van der Waals surface area contributed by atoms with Crippen molar-refractivity contribution in [3.8, 4) is 51.2 Å². The first kappa shape index (κ1) is 36.2. The molecule has 9 heteroatoms. The maximum Gasteiger partial charge on any atom is 0.416 e. The lowest BCUT2D eigenvalue weighted by Crippen LogP contribution is -2.37. The quantitative estimate of drug-likeness (QED) is 0.154. The molecule has 7 aromatic rings. The first-order valence-corrected chi connectivity index (χ1v) is 18.9. The Morgan fingerprint density at radius 2 is 1.23 bits per heavy atom. The highest BCUT2D eigenvalue weighted by Gasteiger charge is 2.48. The van der Waals surface area contributed by atoms with Crippen LogP contribution in [0, 0.1) is 0 Å². The number of fused-ring (bicyclic) bond motifs is 8. The molecule has 2 aliphatic rings. The number of hydrogen-bond donors (Lipinski definition) is 0. The Labute approximate surface area is 328 Å². The van der Waals surface area contributed by atoms with E-state index < -0.39 is 17.3 Å². The topological polar surface area (TPSA) is 66.4 Å². The number of halogens is 3. The molecule has 2 heterocycles. The maximum atomic E-state index is 14.0. The summed E-state index contributed by atoms with van der Waals surface area (Å²) >= 11 is 0. The van der Waals surface area contributed by atoms with Crippen LogP contribution in [0.4, 0.5) is 13.2 Å². The Morgan fingerprint density at radius 3 is 1.79 bits per heavy atom. The minimum Gasteiger partial charge on any atom is -0.493 e. The van der Waals surface area contributed by atoms with Crippen molar-refractivity contribution in [1.82, 2.24) is 15.0 Å². The van der Waals surface area contributed by atoms with Crippen molar-refractivity contribution < 1.29 is 27.4 Å². The Hall–Kier alpha value is -6.48. The van der Waals surface area contributed by atoms with E-state index in [1.165, 1.54) is 17.7 Å². The molecule has 1 aromatic heterocycles. The molecule has 0 N–H and O–H groups in total. The van der Waals surface area contributed by atoms with Gasteiger partial charge in [-0.1, -0.05) is 117 Å². The van der Waals surface area contributed by atoms with Gasteiger partial charge in [-0.05, 0) is 70.8 Å². The average molecular weight is 762 g/mol. The molecule has 284 valence electrons. The summed E-state index contributed by atoms with van der Waals surface area (Å²) in [6.45, 7) is 4.42. The fourth-order valence-electron chi connectivity index (χ4n) is 8.77. The highest BCUT2D eigenvalue weighted by molar-refractivity contribution is 6.09. The number of alkyl halides is 3. The summed E-state index contributed by atoms with van der Waals surface area (Å²) in [5, 5.41) is 1.65. The number of ether oxygens (including phenoxy) is 3. The summed E-state index contributed by atoms with van der Waals surface area (Å²) < 4.78 is 61.3. The van der Waals surface area contributed by atoms with Gasteiger partial charge in [0.2, 0.25) is 5.60 Å². The van der Waals surface area contributed by atoms with E-state index in [4.69, 9.17) is 29.2 Å². The highest BCUT2D eigenvalue weighted by atomic mass is 19.4. The van der Waals surface area contributed by atoms with Crippen LogP contribution in [-0.2, 0) is 17.2 Å². The molecule has 0 radical (unpaired) electrons. The van der Waals surface area contributed by atoms with Crippen molar-refractivity contribution in [3.63, 3.8) is 0 Å². The molecule has 0 saturated carbocycles. The number of nitrogens with zero attached hydrogens (tertiary/aromatic N) is 3. The minimum atomic E-state index is -4.54. The molecule has 57 heavy (non-hydrogen) atoms. The Morgan fingerprint density at radius 1 is 0.667 bits per heavy atom. The fraction of sp³-hybridized carbons (Fsp3) is 0.188. The molecule has 0 fully saturated rings. The van der Waals surface area contributed by atoms with Crippen LogP contribution in [0.3, 0.4) is 0 Å². The van der Waals surface area contributed by atoms with Crippen LogP contribution in [0.1, 0.15) is 60.3 Å². The summed E-state index contributed by atoms with van der Waals surface area (Å²) in [6.07, 6.45) is 1.05. The lowest BCUT2D eigenvalue weighted by molar-refractivity contribution is -0.137. The predicted molar refractivity (Wildman–Crippen MR) is 216 cm³/mol. The smallest absolute Gasteiger partial charge is 0.416 e. The van der Waals surface area contributed by atoms with E-state index in [0.717, 1.165) is 69.1 Å². The summed E-state index contributed by atoms with van der Waals surface area (Å²) in [7, 11) is 3.20. The van der Waals surface area contributed by atoms with Gasteiger partial charge in [-0.2, -0.15) is 13.2 Å². The third-order valence-electron chi connectivity index (χ3n) is 11.6. The second-order valence-electron chi connectivity index (χ2n) is 14.4. The van der Waals surface area contributed by atoms with Crippen LogP contribution in [-0.4, -0.2) is 29.2 Å². The summed E-state index contributed by atoms with van der Waals surface area (Å²) in [5.41, 5.74) is 4.65. The van der Waals surface area contributed by atoms with Gasteiger partial charge in [0.15, 0.2) is 29.0 Å². The van der Waals surface area contributed by atoms with Gasteiger partial charge in [0.1, 0.15) is 5.75 Å². The van der Waals surface area contributed by atoms with Crippen molar-refractivity contribution in [2.24, 2.45) is 0 Å². The number of rotatable bonds is 8. The minimum absolute atomic E-state index is 0.214.